The minimum Gasteiger partial charge on any atom is -0.312 e. The van der Waals surface area contributed by atoms with Crippen LogP contribution in [0, 0.1) is 5.92 Å². The SMILES string of the molecule is CCCC1CCCN(C(C)CNC2CC2)CC1. The Hall–Kier alpha value is -0.0800. The molecule has 0 aromatic carbocycles. The molecule has 2 fully saturated rings. The molecule has 2 aliphatic rings. The highest BCUT2D eigenvalue weighted by atomic mass is 15.2. The van der Waals surface area contributed by atoms with E-state index < -0.39 is 0 Å². The molecule has 2 unspecified atom stereocenters. The average molecular weight is 238 g/mol. The van der Waals surface area contributed by atoms with E-state index in [1.807, 2.05) is 0 Å². The van der Waals surface area contributed by atoms with Crippen molar-refractivity contribution < 1.29 is 0 Å². The quantitative estimate of drug-likeness (QED) is 0.765. The Kier molecular flexibility index (Phi) is 5.30. The highest BCUT2D eigenvalue weighted by molar-refractivity contribution is 4.83. The van der Waals surface area contributed by atoms with Gasteiger partial charge in [0.05, 0.1) is 0 Å². The molecule has 2 atom stereocenters. The van der Waals surface area contributed by atoms with Crippen LogP contribution in [-0.4, -0.2) is 36.6 Å². The van der Waals surface area contributed by atoms with E-state index in [2.05, 4.69) is 24.1 Å². The first kappa shape index (κ1) is 13.4. The summed E-state index contributed by atoms with van der Waals surface area (Å²) < 4.78 is 0. The minimum absolute atomic E-state index is 0.732. The van der Waals surface area contributed by atoms with Crippen molar-refractivity contribution in [1.82, 2.24) is 10.2 Å². The van der Waals surface area contributed by atoms with Gasteiger partial charge < -0.3 is 5.32 Å². The van der Waals surface area contributed by atoms with Crippen LogP contribution < -0.4 is 5.32 Å². The Morgan fingerprint density at radius 3 is 2.71 bits per heavy atom. The molecule has 1 heterocycles. The van der Waals surface area contributed by atoms with Gasteiger partial charge in [0.1, 0.15) is 0 Å². The van der Waals surface area contributed by atoms with E-state index in [1.54, 1.807) is 0 Å². The minimum atomic E-state index is 0.732. The van der Waals surface area contributed by atoms with E-state index in [1.165, 1.54) is 64.6 Å². The lowest BCUT2D eigenvalue weighted by Gasteiger charge is -2.28. The summed E-state index contributed by atoms with van der Waals surface area (Å²) in [5, 5.41) is 3.67. The van der Waals surface area contributed by atoms with E-state index in [4.69, 9.17) is 0 Å². The van der Waals surface area contributed by atoms with Gasteiger partial charge in [-0.1, -0.05) is 19.8 Å². The summed E-state index contributed by atoms with van der Waals surface area (Å²) in [6.45, 7) is 8.58. The smallest absolute Gasteiger partial charge is 0.0192 e. The van der Waals surface area contributed by atoms with E-state index in [-0.39, 0.29) is 0 Å². The summed E-state index contributed by atoms with van der Waals surface area (Å²) in [6.07, 6.45) is 9.94. The van der Waals surface area contributed by atoms with Crippen LogP contribution in [-0.2, 0) is 0 Å². The predicted octanol–water partition coefficient (Wildman–Crippen LogP) is 3.03. The van der Waals surface area contributed by atoms with Crippen LogP contribution in [0.1, 0.15) is 58.8 Å². The standard InChI is InChI=1S/C15H30N2/c1-3-5-14-6-4-10-17(11-9-14)13(2)12-16-15-7-8-15/h13-16H,3-12H2,1-2H3. The Balaban J connectivity index is 1.68. The second kappa shape index (κ2) is 6.75. The highest BCUT2D eigenvalue weighted by Gasteiger charge is 2.24. The van der Waals surface area contributed by atoms with Crippen molar-refractivity contribution in [1.29, 1.82) is 0 Å². The van der Waals surface area contributed by atoms with Crippen molar-refractivity contribution in [2.45, 2.75) is 70.9 Å². The Morgan fingerprint density at radius 2 is 2.00 bits per heavy atom. The molecule has 1 saturated heterocycles. The van der Waals surface area contributed by atoms with Crippen molar-refractivity contribution in [3.05, 3.63) is 0 Å². The summed E-state index contributed by atoms with van der Waals surface area (Å²) in [5.74, 6) is 1.01. The maximum atomic E-state index is 3.67. The number of likely N-dealkylation sites (tertiary alicyclic amines) is 1. The average Bonchev–Trinajstić information content (AvgIpc) is 3.14. The molecule has 100 valence electrons. The molecule has 0 spiro atoms. The molecule has 0 aromatic rings. The van der Waals surface area contributed by atoms with Gasteiger partial charge in [-0.3, -0.25) is 4.90 Å². The number of rotatable bonds is 6. The van der Waals surface area contributed by atoms with Gasteiger partial charge in [0.15, 0.2) is 0 Å². The van der Waals surface area contributed by atoms with Crippen molar-refractivity contribution >= 4 is 0 Å². The molecular weight excluding hydrogens is 208 g/mol. The fourth-order valence-corrected chi connectivity index (χ4v) is 3.08. The van der Waals surface area contributed by atoms with E-state index in [9.17, 15) is 0 Å². The lowest BCUT2D eigenvalue weighted by atomic mass is 9.96. The second-order valence-electron chi connectivity index (χ2n) is 6.15. The van der Waals surface area contributed by atoms with Gasteiger partial charge in [-0.25, -0.2) is 0 Å². The molecule has 2 nitrogen and oxygen atoms in total. The van der Waals surface area contributed by atoms with Crippen LogP contribution in [0.2, 0.25) is 0 Å². The first-order valence-electron chi connectivity index (χ1n) is 7.77. The number of nitrogens with one attached hydrogen (secondary N) is 1. The molecule has 1 aliphatic carbocycles. The molecule has 2 heteroatoms. The topological polar surface area (TPSA) is 15.3 Å². The summed E-state index contributed by atoms with van der Waals surface area (Å²) in [4.78, 5) is 2.71. The van der Waals surface area contributed by atoms with Crippen LogP contribution >= 0.6 is 0 Å². The molecule has 2 rings (SSSR count). The van der Waals surface area contributed by atoms with Crippen LogP contribution in [0.15, 0.2) is 0 Å². The lowest BCUT2D eigenvalue weighted by molar-refractivity contribution is 0.208. The lowest BCUT2D eigenvalue weighted by Crippen LogP contribution is -2.41. The fraction of sp³-hybridized carbons (Fsp3) is 1.00. The Labute approximate surface area is 107 Å². The van der Waals surface area contributed by atoms with E-state index in [0.29, 0.717) is 0 Å². The zero-order valence-corrected chi connectivity index (χ0v) is 11.8. The van der Waals surface area contributed by atoms with Gasteiger partial charge in [0.25, 0.3) is 0 Å². The van der Waals surface area contributed by atoms with Crippen LogP contribution in [0.5, 0.6) is 0 Å². The molecular formula is C15H30N2. The monoisotopic (exact) mass is 238 g/mol. The highest BCUT2D eigenvalue weighted by Crippen LogP contribution is 2.23. The van der Waals surface area contributed by atoms with Gasteiger partial charge in [0, 0.05) is 18.6 Å². The second-order valence-corrected chi connectivity index (χ2v) is 6.15. The van der Waals surface area contributed by atoms with Gasteiger partial charge in [-0.15, -0.1) is 0 Å². The normalized spacial score (nSPS) is 28.9. The van der Waals surface area contributed by atoms with Crippen LogP contribution in [0.3, 0.4) is 0 Å². The largest absolute Gasteiger partial charge is 0.312 e. The van der Waals surface area contributed by atoms with Crippen molar-refractivity contribution in [2.75, 3.05) is 19.6 Å². The Bertz CT molecular complexity index is 213. The molecule has 0 amide bonds. The van der Waals surface area contributed by atoms with Gasteiger partial charge >= 0.3 is 0 Å². The molecule has 0 radical (unpaired) electrons. The van der Waals surface area contributed by atoms with Gasteiger partial charge in [-0.2, -0.15) is 0 Å². The Morgan fingerprint density at radius 1 is 1.18 bits per heavy atom. The van der Waals surface area contributed by atoms with E-state index >= 15 is 0 Å². The third-order valence-electron chi connectivity index (χ3n) is 4.48. The first-order valence-corrected chi connectivity index (χ1v) is 7.77. The molecule has 0 bridgehead atoms. The number of nitrogens with zero attached hydrogens (tertiary/aromatic N) is 1. The first-order chi connectivity index (χ1) is 8.29. The molecule has 1 aliphatic heterocycles. The maximum absolute atomic E-state index is 3.67. The molecule has 1 saturated carbocycles. The third-order valence-corrected chi connectivity index (χ3v) is 4.48. The van der Waals surface area contributed by atoms with Gasteiger partial charge in [0.2, 0.25) is 0 Å². The zero-order valence-electron chi connectivity index (χ0n) is 11.8. The zero-order chi connectivity index (χ0) is 12.1. The fourth-order valence-electron chi connectivity index (χ4n) is 3.08. The molecule has 17 heavy (non-hydrogen) atoms. The summed E-state index contributed by atoms with van der Waals surface area (Å²) in [7, 11) is 0. The summed E-state index contributed by atoms with van der Waals surface area (Å²) >= 11 is 0. The van der Waals surface area contributed by atoms with E-state index in [0.717, 1.165) is 18.0 Å². The predicted molar refractivity (Wildman–Crippen MR) is 74.3 cm³/mol. The maximum Gasteiger partial charge on any atom is 0.0192 e. The van der Waals surface area contributed by atoms with Crippen molar-refractivity contribution in [2.24, 2.45) is 5.92 Å². The number of hydrogen-bond acceptors (Lipinski definition) is 2. The molecule has 0 aromatic heterocycles. The third kappa shape index (κ3) is 4.59. The summed E-state index contributed by atoms with van der Waals surface area (Å²) in [6, 6.07) is 1.59. The van der Waals surface area contributed by atoms with Gasteiger partial charge in [-0.05, 0) is 58.0 Å². The van der Waals surface area contributed by atoms with Crippen molar-refractivity contribution in [3.8, 4) is 0 Å². The van der Waals surface area contributed by atoms with Crippen LogP contribution in [0.4, 0.5) is 0 Å². The van der Waals surface area contributed by atoms with Crippen LogP contribution in [0.25, 0.3) is 0 Å². The molecule has 1 N–H and O–H groups in total. The number of hydrogen-bond donors (Lipinski definition) is 1. The van der Waals surface area contributed by atoms with Crippen molar-refractivity contribution in [3.63, 3.8) is 0 Å². The summed E-state index contributed by atoms with van der Waals surface area (Å²) in [5.41, 5.74) is 0.